The highest BCUT2D eigenvalue weighted by Gasteiger charge is 2.34. The van der Waals surface area contributed by atoms with Gasteiger partial charge in [-0.05, 0) is 37.0 Å². The van der Waals surface area contributed by atoms with E-state index in [9.17, 15) is 4.79 Å². The number of Topliss-reactive ketones (excluding diaryl/α,β-unsaturated/α-hetero) is 1. The van der Waals surface area contributed by atoms with E-state index in [0.29, 0.717) is 12.3 Å². The minimum atomic E-state index is -0.100. The van der Waals surface area contributed by atoms with Crippen LogP contribution in [0.25, 0.3) is 0 Å². The van der Waals surface area contributed by atoms with Crippen LogP contribution in [0.2, 0.25) is 0 Å². The number of ketones is 1. The number of para-hydroxylation sites is 2. The fourth-order valence-corrected chi connectivity index (χ4v) is 3.70. The van der Waals surface area contributed by atoms with Gasteiger partial charge in [0.25, 0.3) is 0 Å². The van der Waals surface area contributed by atoms with Crippen LogP contribution in [0, 0.1) is 12.8 Å². The number of anilines is 2. The van der Waals surface area contributed by atoms with Crippen molar-refractivity contribution in [2.24, 2.45) is 5.92 Å². The van der Waals surface area contributed by atoms with E-state index in [2.05, 4.69) is 60.9 Å². The van der Waals surface area contributed by atoms with Crippen LogP contribution >= 0.6 is 0 Å². The molecule has 0 radical (unpaired) electrons. The number of nitrogens with one attached hydrogen (secondary N) is 2. The number of hydrogen-bond donors (Lipinski definition) is 2. The fraction of sp³-hybridized carbons (Fsp3) is 0.286. The normalized spacial score (nSPS) is 22.8. The molecule has 0 bridgehead atoms. The van der Waals surface area contributed by atoms with Gasteiger partial charge in [-0.2, -0.15) is 0 Å². The van der Waals surface area contributed by atoms with Crippen molar-refractivity contribution in [1.29, 1.82) is 0 Å². The van der Waals surface area contributed by atoms with Crippen LogP contribution in [0.4, 0.5) is 11.4 Å². The maximum Gasteiger partial charge on any atom is 0.163 e. The summed E-state index contributed by atoms with van der Waals surface area (Å²) in [5.74, 6) is 0.634. The lowest BCUT2D eigenvalue weighted by Crippen LogP contribution is -2.26. The van der Waals surface area contributed by atoms with Gasteiger partial charge in [-0.3, -0.25) is 4.79 Å². The summed E-state index contributed by atoms with van der Waals surface area (Å²) in [7, 11) is 0. The first-order valence-electron chi connectivity index (χ1n) is 8.57. The second-order valence-corrected chi connectivity index (χ2v) is 6.99. The average Bonchev–Trinajstić information content (AvgIpc) is 2.72. The van der Waals surface area contributed by atoms with Crippen molar-refractivity contribution in [3.05, 3.63) is 70.9 Å². The van der Waals surface area contributed by atoms with Gasteiger partial charge < -0.3 is 10.6 Å². The average molecular weight is 318 g/mol. The number of carbonyl (C=O) groups is 1. The summed E-state index contributed by atoms with van der Waals surface area (Å²) in [6.07, 6.45) is 1.54. The molecule has 2 atom stereocenters. The number of allylic oxidation sites excluding steroid dienone is 1. The molecule has 1 aliphatic carbocycles. The third-order valence-corrected chi connectivity index (χ3v) is 4.92. The van der Waals surface area contributed by atoms with E-state index < -0.39 is 0 Å². The van der Waals surface area contributed by atoms with Gasteiger partial charge in [0.1, 0.15) is 0 Å². The Labute approximate surface area is 142 Å². The molecule has 0 spiro atoms. The number of benzene rings is 2. The molecule has 4 rings (SSSR count). The molecule has 1 heterocycles. The van der Waals surface area contributed by atoms with Crippen LogP contribution < -0.4 is 10.6 Å². The SMILES string of the molecule is Cc1ccc(C2Nc3ccccc3NC3=C2C(=O)CC(C)C3)cc1. The smallest absolute Gasteiger partial charge is 0.163 e. The van der Waals surface area contributed by atoms with E-state index in [0.717, 1.165) is 34.6 Å². The summed E-state index contributed by atoms with van der Waals surface area (Å²) in [6.45, 7) is 4.23. The second-order valence-electron chi connectivity index (χ2n) is 6.99. The predicted octanol–water partition coefficient (Wildman–Crippen LogP) is 4.83. The zero-order valence-corrected chi connectivity index (χ0v) is 14.1. The number of fused-ring (bicyclic) bond motifs is 1. The molecular weight excluding hydrogens is 296 g/mol. The molecule has 1 aliphatic heterocycles. The van der Waals surface area contributed by atoms with Crippen molar-refractivity contribution >= 4 is 17.2 Å². The van der Waals surface area contributed by atoms with E-state index in [1.165, 1.54) is 5.56 Å². The Bertz CT molecular complexity index is 820. The second kappa shape index (κ2) is 5.82. The van der Waals surface area contributed by atoms with Gasteiger partial charge in [-0.15, -0.1) is 0 Å². The molecule has 24 heavy (non-hydrogen) atoms. The van der Waals surface area contributed by atoms with Crippen LogP contribution in [0.5, 0.6) is 0 Å². The Morgan fingerprint density at radius 2 is 1.67 bits per heavy atom. The summed E-state index contributed by atoms with van der Waals surface area (Å²) in [4.78, 5) is 12.9. The fourth-order valence-electron chi connectivity index (χ4n) is 3.70. The molecule has 122 valence electrons. The first-order valence-corrected chi connectivity index (χ1v) is 8.57. The molecule has 3 nitrogen and oxygen atoms in total. The Morgan fingerprint density at radius 1 is 0.958 bits per heavy atom. The highest BCUT2D eigenvalue weighted by Crippen LogP contribution is 2.41. The molecule has 2 aliphatic rings. The Kier molecular flexibility index (Phi) is 3.64. The summed E-state index contributed by atoms with van der Waals surface area (Å²) in [5.41, 5.74) is 6.41. The maximum absolute atomic E-state index is 12.9. The summed E-state index contributed by atoms with van der Waals surface area (Å²) < 4.78 is 0. The van der Waals surface area contributed by atoms with Crippen molar-refractivity contribution in [3.8, 4) is 0 Å². The lowest BCUT2D eigenvalue weighted by molar-refractivity contribution is -0.117. The Balaban J connectivity index is 1.87. The molecule has 0 saturated carbocycles. The number of aryl methyl sites for hydroxylation is 1. The van der Waals surface area contributed by atoms with Crippen molar-refractivity contribution < 1.29 is 4.79 Å². The summed E-state index contributed by atoms with van der Waals surface area (Å²) in [5, 5.41) is 7.13. The third-order valence-electron chi connectivity index (χ3n) is 4.92. The largest absolute Gasteiger partial charge is 0.372 e. The monoisotopic (exact) mass is 318 g/mol. The van der Waals surface area contributed by atoms with Gasteiger partial charge in [0, 0.05) is 17.7 Å². The number of hydrogen-bond acceptors (Lipinski definition) is 3. The first-order chi connectivity index (χ1) is 11.6. The Morgan fingerprint density at radius 3 is 2.42 bits per heavy atom. The molecule has 2 N–H and O–H groups in total. The maximum atomic E-state index is 12.9. The van der Waals surface area contributed by atoms with Gasteiger partial charge in [-0.25, -0.2) is 0 Å². The molecule has 2 aromatic rings. The Hall–Kier alpha value is -2.55. The number of rotatable bonds is 1. The van der Waals surface area contributed by atoms with E-state index in [1.807, 2.05) is 12.1 Å². The minimum Gasteiger partial charge on any atom is -0.372 e. The van der Waals surface area contributed by atoms with Gasteiger partial charge in [0.05, 0.1) is 17.4 Å². The lowest BCUT2D eigenvalue weighted by atomic mass is 9.82. The quantitative estimate of drug-likeness (QED) is 0.791. The zero-order valence-electron chi connectivity index (χ0n) is 14.1. The molecule has 2 unspecified atom stereocenters. The van der Waals surface area contributed by atoms with Crippen molar-refractivity contribution in [2.45, 2.75) is 32.7 Å². The molecular formula is C21H22N2O. The highest BCUT2D eigenvalue weighted by atomic mass is 16.1. The first kappa shape index (κ1) is 15.0. The number of carbonyl (C=O) groups excluding carboxylic acids is 1. The molecule has 0 saturated heterocycles. The molecule has 0 amide bonds. The van der Waals surface area contributed by atoms with E-state index in [1.54, 1.807) is 0 Å². The van der Waals surface area contributed by atoms with Crippen molar-refractivity contribution in [2.75, 3.05) is 10.6 Å². The van der Waals surface area contributed by atoms with Crippen LogP contribution in [0.15, 0.2) is 59.8 Å². The van der Waals surface area contributed by atoms with Crippen LogP contribution in [0.1, 0.15) is 36.9 Å². The molecule has 2 aromatic carbocycles. The summed E-state index contributed by atoms with van der Waals surface area (Å²) in [6, 6.07) is 16.5. The standard InChI is InChI=1S/C21H22N2O/c1-13-7-9-15(10-8-13)21-20-18(11-14(2)12-19(20)24)22-16-5-3-4-6-17(16)23-21/h3-10,14,21-23H,11-12H2,1-2H3. The van der Waals surface area contributed by atoms with Crippen LogP contribution in [0.3, 0.4) is 0 Å². The van der Waals surface area contributed by atoms with E-state index in [4.69, 9.17) is 0 Å². The van der Waals surface area contributed by atoms with E-state index in [-0.39, 0.29) is 11.8 Å². The predicted molar refractivity (Wildman–Crippen MR) is 98.0 cm³/mol. The molecule has 0 fully saturated rings. The molecule has 3 heteroatoms. The van der Waals surface area contributed by atoms with Gasteiger partial charge >= 0.3 is 0 Å². The topological polar surface area (TPSA) is 41.1 Å². The van der Waals surface area contributed by atoms with Crippen LogP contribution in [-0.2, 0) is 4.79 Å². The van der Waals surface area contributed by atoms with Crippen molar-refractivity contribution in [3.63, 3.8) is 0 Å². The van der Waals surface area contributed by atoms with Crippen molar-refractivity contribution in [1.82, 2.24) is 0 Å². The third kappa shape index (κ3) is 2.60. The van der Waals surface area contributed by atoms with Gasteiger partial charge in [0.15, 0.2) is 5.78 Å². The minimum absolute atomic E-state index is 0.100. The van der Waals surface area contributed by atoms with E-state index >= 15 is 0 Å². The van der Waals surface area contributed by atoms with Gasteiger partial charge in [0.2, 0.25) is 0 Å². The van der Waals surface area contributed by atoms with Crippen LogP contribution in [-0.4, -0.2) is 5.78 Å². The summed E-state index contributed by atoms with van der Waals surface area (Å²) >= 11 is 0. The highest BCUT2D eigenvalue weighted by molar-refractivity contribution is 6.00. The van der Waals surface area contributed by atoms with Gasteiger partial charge in [-0.1, -0.05) is 48.9 Å². The molecule has 0 aromatic heterocycles. The lowest BCUT2D eigenvalue weighted by Gasteiger charge is -2.28. The zero-order chi connectivity index (χ0) is 16.7.